The van der Waals surface area contributed by atoms with Crippen LogP contribution in [0.5, 0.6) is 0 Å². The van der Waals surface area contributed by atoms with Gasteiger partial charge in [0.2, 0.25) is 5.91 Å². The molecule has 5 rings (SSSR count). The lowest BCUT2D eigenvalue weighted by atomic mass is 9.82. The van der Waals surface area contributed by atoms with Crippen LogP contribution in [0.25, 0.3) is 0 Å². The van der Waals surface area contributed by atoms with E-state index in [4.69, 9.17) is 4.74 Å². The fourth-order valence-electron chi connectivity index (χ4n) is 4.90. The molecule has 0 radical (unpaired) electrons. The Morgan fingerprint density at radius 1 is 1.27 bits per heavy atom. The van der Waals surface area contributed by atoms with Gasteiger partial charge < -0.3 is 14.5 Å². The first-order chi connectivity index (χ1) is 12.6. The molecule has 3 fully saturated rings. The smallest absolute Gasteiger partial charge is 0.264 e. The summed E-state index contributed by atoms with van der Waals surface area (Å²) in [5.74, 6) is 0.935. The maximum absolute atomic E-state index is 12.7. The molecule has 0 aromatic carbocycles. The number of ether oxygens (including phenoxy) is 1. The molecule has 5 nitrogen and oxygen atoms in total. The van der Waals surface area contributed by atoms with Crippen LogP contribution in [0.4, 0.5) is 0 Å². The molecule has 0 saturated carbocycles. The zero-order valence-electron chi connectivity index (χ0n) is 15.2. The number of amides is 2. The Morgan fingerprint density at radius 2 is 2.15 bits per heavy atom. The zero-order valence-corrected chi connectivity index (χ0v) is 16.0. The number of fused-ring (bicyclic) bond motifs is 1. The first-order valence-corrected chi connectivity index (χ1v) is 10.8. The van der Waals surface area contributed by atoms with Gasteiger partial charge in [-0.2, -0.15) is 0 Å². The van der Waals surface area contributed by atoms with Crippen LogP contribution in [0, 0.1) is 5.92 Å². The van der Waals surface area contributed by atoms with Crippen LogP contribution in [0.2, 0.25) is 0 Å². The number of thiophene rings is 1. The molecule has 3 aliphatic heterocycles. The van der Waals surface area contributed by atoms with Gasteiger partial charge in [0.1, 0.15) is 5.60 Å². The van der Waals surface area contributed by atoms with Crippen molar-refractivity contribution in [1.82, 2.24) is 9.80 Å². The monoisotopic (exact) mass is 374 g/mol. The quantitative estimate of drug-likeness (QED) is 0.817. The van der Waals surface area contributed by atoms with Crippen molar-refractivity contribution in [3.8, 4) is 0 Å². The van der Waals surface area contributed by atoms with E-state index in [0.29, 0.717) is 18.2 Å². The first-order valence-electron chi connectivity index (χ1n) is 9.94. The Labute approximate surface area is 158 Å². The summed E-state index contributed by atoms with van der Waals surface area (Å²) in [7, 11) is 0. The van der Waals surface area contributed by atoms with E-state index in [1.807, 2.05) is 9.80 Å². The van der Waals surface area contributed by atoms with E-state index in [9.17, 15) is 9.59 Å². The second kappa shape index (κ2) is 6.34. The number of aryl methyl sites for hydroxylation is 2. The van der Waals surface area contributed by atoms with Crippen molar-refractivity contribution >= 4 is 23.2 Å². The third-order valence-corrected chi connectivity index (χ3v) is 7.71. The van der Waals surface area contributed by atoms with E-state index in [2.05, 4.69) is 6.07 Å². The normalized spacial score (nSPS) is 27.1. The number of carbonyl (C=O) groups is 2. The average Bonchev–Trinajstić information content (AvgIpc) is 3.30. The molecule has 1 atom stereocenters. The van der Waals surface area contributed by atoms with Crippen LogP contribution in [0.15, 0.2) is 6.07 Å². The van der Waals surface area contributed by atoms with Crippen molar-refractivity contribution in [2.45, 2.75) is 50.5 Å². The van der Waals surface area contributed by atoms with E-state index < -0.39 is 0 Å². The van der Waals surface area contributed by atoms with Gasteiger partial charge in [-0.15, -0.1) is 11.3 Å². The molecule has 140 valence electrons. The van der Waals surface area contributed by atoms with Crippen LogP contribution < -0.4 is 0 Å². The highest BCUT2D eigenvalue weighted by molar-refractivity contribution is 7.14. The highest BCUT2D eigenvalue weighted by Gasteiger charge is 2.49. The zero-order chi connectivity index (χ0) is 17.7. The van der Waals surface area contributed by atoms with Gasteiger partial charge in [0, 0.05) is 30.3 Å². The van der Waals surface area contributed by atoms with E-state index in [-0.39, 0.29) is 11.5 Å². The molecular formula is C20H26N2O3S. The number of rotatable bonds is 3. The lowest BCUT2D eigenvalue weighted by Crippen LogP contribution is -2.66. The van der Waals surface area contributed by atoms with Gasteiger partial charge in [-0.1, -0.05) is 0 Å². The van der Waals surface area contributed by atoms with E-state index >= 15 is 0 Å². The summed E-state index contributed by atoms with van der Waals surface area (Å²) >= 11 is 1.69. The molecule has 1 aromatic rings. The van der Waals surface area contributed by atoms with Gasteiger partial charge >= 0.3 is 0 Å². The van der Waals surface area contributed by atoms with Gasteiger partial charge in [0.15, 0.2) is 0 Å². The topological polar surface area (TPSA) is 49.9 Å². The van der Waals surface area contributed by atoms with E-state index in [1.165, 1.54) is 16.9 Å². The molecule has 26 heavy (non-hydrogen) atoms. The highest BCUT2D eigenvalue weighted by Crippen LogP contribution is 2.38. The minimum atomic E-state index is -0.124. The van der Waals surface area contributed by atoms with Crippen molar-refractivity contribution < 1.29 is 14.3 Å². The first kappa shape index (κ1) is 16.8. The van der Waals surface area contributed by atoms with Crippen LogP contribution >= 0.6 is 11.3 Å². The highest BCUT2D eigenvalue weighted by atomic mass is 32.1. The van der Waals surface area contributed by atoms with E-state index in [1.54, 1.807) is 11.3 Å². The number of nitrogens with zero attached hydrogens (tertiary/aromatic N) is 2. The van der Waals surface area contributed by atoms with Gasteiger partial charge in [0.05, 0.1) is 24.6 Å². The fourth-order valence-corrected chi connectivity index (χ4v) is 6.12. The van der Waals surface area contributed by atoms with Gasteiger partial charge in [-0.05, 0) is 50.2 Å². The lowest BCUT2D eigenvalue weighted by Gasteiger charge is -2.52. The summed E-state index contributed by atoms with van der Waals surface area (Å²) in [6, 6.07) is 2.12. The summed E-state index contributed by atoms with van der Waals surface area (Å²) in [6.07, 6.45) is 7.32. The van der Waals surface area contributed by atoms with Crippen molar-refractivity contribution in [2.75, 3.05) is 32.8 Å². The lowest BCUT2D eigenvalue weighted by molar-refractivity contribution is -0.169. The summed E-state index contributed by atoms with van der Waals surface area (Å²) in [4.78, 5) is 30.8. The Bertz CT molecular complexity index is 706. The van der Waals surface area contributed by atoms with Crippen molar-refractivity contribution in [1.29, 1.82) is 0 Å². The Hall–Kier alpha value is -1.40. The van der Waals surface area contributed by atoms with Gasteiger partial charge in [0.25, 0.3) is 5.91 Å². The Kier molecular flexibility index (Phi) is 4.09. The maximum Gasteiger partial charge on any atom is 0.264 e. The molecule has 2 amide bonds. The molecule has 0 bridgehead atoms. The third kappa shape index (κ3) is 2.87. The standard InChI is InChI=1S/C20H26N2O3S/c23-18-5-2-8-21(18)10-14-6-7-20(25-11-14)12-22(13-20)19(24)17-9-15-3-1-4-16(15)26-17/h9,14H,1-8,10-13H2/t14-/m0/s1. The Balaban J connectivity index is 1.13. The molecule has 1 aliphatic carbocycles. The molecule has 0 unspecified atom stereocenters. The molecule has 4 heterocycles. The number of likely N-dealkylation sites (tertiary alicyclic amines) is 2. The van der Waals surface area contributed by atoms with Gasteiger partial charge in [-0.3, -0.25) is 9.59 Å². The van der Waals surface area contributed by atoms with Crippen LogP contribution in [0.1, 0.15) is 52.2 Å². The molecule has 4 aliphatic rings. The van der Waals surface area contributed by atoms with Crippen molar-refractivity contribution in [2.24, 2.45) is 5.92 Å². The predicted octanol–water partition coefficient (Wildman–Crippen LogP) is 2.48. The molecule has 1 spiro atoms. The molecule has 6 heteroatoms. The second-order valence-corrected chi connectivity index (χ2v) is 9.55. The fraction of sp³-hybridized carbons (Fsp3) is 0.700. The minimum absolute atomic E-state index is 0.124. The van der Waals surface area contributed by atoms with Crippen LogP contribution in [-0.4, -0.2) is 60.0 Å². The third-order valence-electron chi connectivity index (χ3n) is 6.49. The second-order valence-electron chi connectivity index (χ2n) is 8.42. The number of hydrogen-bond donors (Lipinski definition) is 0. The largest absolute Gasteiger partial charge is 0.371 e. The van der Waals surface area contributed by atoms with Gasteiger partial charge in [-0.25, -0.2) is 0 Å². The molecule has 1 aromatic heterocycles. The Morgan fingerprint density at radius 3 is 2.85 bits per heavy atom. The van der Waals surface area contributed by atoms with Crippen molar-refractivity contribution in [3.63, 3.8) is 0 Å². The van der Waals surface area contributed by atoms with Crippen molar-refractivity contribution in [3.05, 3.63) is 21.4 Å². The summed E-state index contributed by atoms with van der Waals surface area (Å²) in [6.45, 7) is 3.93. The SMILES string of the molecule is O=C1CCCN1C[C@@H]1CCC2(CN(C(=O)c3cc4c(s3)CCC4)C2)OC1. The predicted molar refractivity (Wildman–Crippen MR) is 99.5 cm³/mol. The molecule has 3 saturated heterocycles. The molecule has 0 N–H and O–H groups in total. The van der Waals surface area contributed by atoms with E-state index in [0.717, 1.165) is 69.8 Å². The summed E-state index contributed by atoms with van der Waals surface area (Å²) in [5.41, 5.74) is 1.27. The van der Waals surface area contributed by atoms with Crippen LogP contribution in [-0.2, 0) is 22.4 Å². The molecular weight excluding hydrogens is 348 g/mol. The minimum Gasteiger partial charge on any atom is -0.371 e. The van der Waals surface area contributed by atoms with Crippen LogP contribution in [0.3, 0.4) is 0 Å². The number of carbonyl (C=O) groups excluding carboxylic acids is 2. The summed E-state index contributed by atoms with van der Waals surface area (Å²) in [5, 5.41) is 0. The summed E-state index contributed by atoms with van der Waals surface area (Å²) < 4.78 is 6.21. The average molecular weight is 375 g/mol. The maximum atomic E-state index is 12.7. The number of hydrogen-bond acceptors (Lipinski definition) is 4.